The summed E-state index contributed by atoms with van der Waals surface area (Å²) in [5, 5.41) is 3.38. The Balaban J connectivity index is 1.97. The zero-order valence-corrected chi connectivity index (χ0v) is 11.7. The third-order valence-corrected chi connectivity index (χ3v) is 3.57. The Kier molecular flexibility index (Phi) is 4.47. The highest BCUT2D eigenvalue weighted by Crippen LogP contribution is 2.30. The first-order valence-corrected chi connectivity index (χ1v) is 6.84. The van der Waals surface area contributed by atoms with Crippen LogP contribution in [0.1, 0.15) is 26.7 Å². The molecule has 2 heterocycles. The molecular weight excluding hydrogens is 242 g/mol. The summed E-state index contributed by atoms with van der Waals surface area (Å²) in [6.45, 7) is 7.34. The van der Waals surface area contributed by atoms with Gasteiger partial charge in [-0.1, -0.05) is 6.92 Å². The van der Waals surface area contributed by atoms with Crippen molar-refractivity contribution in [2.24, 2.45) is 5.41 Å². The predicted octanol–water partition coefficient (Wildman–Crippen LogP) is 2.29. The van der Waals surface area contributed by atoms with Gasteiger partial charge in [0.1, 0.15) is 5.82 Å². The summed E-state index contributed by atoms with van der Waals surface area (Å²) in [4.78, 5) is 4.39. The van der Waals surface area contributed by atoms with Gasteiger partial charge in [0.05, 0.1) is 12.3 Å². The molecule has 0 radical (unpaired) electrons. The molecule has 0 saturated carbocycles. The Morgan fingerprint density at radius 2 is 2.16 bits per heavy atom. The second-order valence-electron chi connectivity index (χ2n) is 5.30. The van der Waals surface area contributed by atoms with Crippen LogP contribution in [0, 0.1) is 5.41 Å². The van der Waals surface area contributed by atoms with E-state index < -0.39 is 0 Å². The minimum Gasteiger partial charge on any atom is -0.476 e. The maximum Gasteiger partial charge on any atom is 0.239 e. The summed E-state index contributed by atoms with van der Waals surface area (Å²) in [7, 11) is 0. The maximum atomic E-state index is 5.81. The summed E-state index contributed by atoms with van der Waals surface area (Å²) in [6.07, 6.45) is 2.15. The van der Waals surface area contributed by atoms with Crippen molar-refractivity contribution in [3.8, 4) is 5.88 Å². The quantitative estimate of drug-likeness (QED) is 0.855. The van der Waals surface area contributed by atoms with E-state index in [1.807, 2.05) is 19.1 Å². The van der Waals surface area contributed by atoms with Crippen molar-refractivity contribution in [3.63, 3.8) is 0 Å². The molecule has 19 heavy (non-hydrogen) atoms. The molecule has 5 nitrogen and oxygen atoms in total. The Morgan fingerprint density at radius 1 is 1.42 bits per heavy atom. The smallest absolute Gasteiger partial charge is 0.239 e. The van der Waals surface area contributed by atoms with Gasteiger partial charge in [-0.2, -0.15) is 4.98 Å². The van der Waals surface area contributed by atoms with Crippen molar-refractivity contribution in [3.05, 3.63) is 12.1 Å². The lowest BCUT2D eigenvalue weighted by molar-refractivity contribution is 0.0299. The molecule has 0 aromatic carbocycles. The van der Waals surface area contributed by atoms with Crippen LogP contribution in [-0.4, -0.2) is 31.3 Å². The standard InChI is InChI=1S/C14H23N3O2/c1-3-19-13-11(15)4-5-12(17-13)16-10-14(2)6-8-18-9-7-14/h4-5H,3,6-10,15H2,1-2H3,(H,16,17). The minimum atomic E-state index is 0.271. The van der Waals surface area contributed by atoms with Gasteiger partial charge in [0.2, 0.25) is 5.88 Å². The minimum absolute atomic E-state index is 0.271. The SMILES string of the molecule is CCOc1nc(NCC2(C)CCOCC2)ccc1N. The number of nitrogens with two attached hydrogens (primary N) is 1. The van der Waals surface area contributed by atoms with E-state index >= 15 is 0 Å². The van der Waals surface area contributed by atoms with Crippen LogP contribution in [0.3, 0.4) is 0 Å². The number of hydrogen-bond acceptors (Lipinski definition) is 5. The number of nitrogens with one attached hydrogen (secondary N) is 1. The van der Waals surface area contributed by atoms with Crippen LogP contribution in [0.25, 0.3) is 0 Å². The highest BCUT2D eigenvalue weighted by molar-refractivity contribution is 5.53. The molecule has 0 atom stereocenters. The van der Waals surface area contributed by atoms with Gasteiger partial charge in [-0.3, -0.25) is 0 Å². The molecule has 3 N–H and O–H groups in total. The third kappa shape index (κ3) is 3.73. The van der Waals surface area contributed by atoms with Crippen molar-refractivity contribution in [1.82, 2.24) is 4.98 Å². The number of aromatic nitrogens is 1. The van der Waals surface area contributed by atoms with Crippen molar-refractivity contribution < 1.29 is 9.47 Å². The van der Waals surface area contributed by atoms with Gasteiger partial charge in [-0.25, -0.2) is 0 Å². The topological polar surface area (TPSA) is 69.4 Å². The lowest BCUT2D eigenvalue weighted by Gasteiger charge is -2.33. The lowest BCUT2D eigenvalue weighted by atomic mass is 9.82. The van der Waals surface area contributed by atoms with E-state index in [0.29, 0.717) is 18.2 Å². The highest BCUT2D eigenvalue weighted by atomic mass is 16.5. The molecule has 1 aromatic rings. The molecule has 106 valence electrons. The van der Waals surface area contributed by atoms with E-state index in [4.69, 9.17) is 15.2 Å². The molecule has 1 aromatic heterocycles. The van der Waals surface area contributed by atoms with Gasteiger partial charge in [-0.05, 0) is 37.3 Å². The summed E-state index contributed by atoms with van der Waals surface area (Å²) >= 11 is 0. The number of nitrogen functional groups attached to an aromatic ring is 1. The molecule has 0 aliphatic carbocycles. The first-order chi connectivity index (χ1) is 9.13. The first kappa shape index (κ1) is 13.9. The predicted molar refractivity (Wildman–Crippen MR) is 76.5 cm³/mol. The largest absolute Gasteiger partial charge is 0.476 e. The second kappa shape index (κ2) is 6.10. The van der Waals surface area contributed by atoms with E-state index in [2.05, 4.69) is 17.2 Å². The van der Waals surface area contributed by atoms with Crippen molar-refractivity contribution in [2.45, 2.75) is 26.7 Å². The van der Waals surface area contributed by atoms with Crippen molar-refractivity contribution in [1.29, 1.82) is 0 Å². The maximum absolute atomic E-state index is 5.81. The van der Waals surface area contributed by atoms with Crippen LogP contribution in [0.5, 0.6) is 5.88 Å². The van der Waals surface area contributed by atoms with Gasteiger partial charge in [0.15, 0.2) is 0 Å². The normalized spacial score (nSPS) is 18.0. The average Bonchev–Trinajstić information content (AvgIpc) is 2.41. The number of pyridine rings is 1. The van der Waals surface area contributed by atoms with E-state index in [9.17, 15) is 0 Å². The molecule has 0 amide bonds. The van der Waals surface area contributed by atoms with Gasteiger partial charge >= 0.3 is 0 Å². The molecule has 1 aliphatic rings. The molecule has 0 unspecified atom stereocenters. The zero-order valence-electron chi connectivity index (χ0n) is 11.7. The second-order valence-corrected chi connectivity index (χ2v) is 5.30. The number of rotatable bonds is 5. The average molecular weight is 265 g/mol. The van der Waals surface area contributed by atoms with E-state index in [1.165, 1.54) is 0 Å². The molecule has 0 bridgehead atoms. The van der Waals surface area contributed by atoms with Crippen molar-refractivity contribution >= 4 is 11.5 Å². The number of anilines is 2. The molecule has 2 rings (SSSR count). The summed E-state index contributed by atoms with van der Waals surface area (Å²) < 4.78 is 10.8. The molecule has 1 fully saturated rings. The lowest BCUT2D eigenvalue weighted by Crippen LogP contribution is -2.33. The summed E-state index contributed by atoms with van der Waals surface area (Å²) in [5.41, 5.74) is 6.65. The van der Waals surface area contributed by atoms with Gasteiger partial charge in [-0.15, -0.1) is 0 Å². The molecular formula is C14H23N3O2. The van der Waals surface area contributed by atoms with Gasteiger partial charge in [0.25, 0.3) is 0 Å². The number of hydrogen-bond donors (Lipinski definition) is 2. The fourth-order valence-corrected chi connectivity index (χ4v) is 2.15. The monoisotopic (exact) mass is 265 g/mol. The third-order valence-electron chi connectivity index (χ3n) is 3.57. The Hall–Kier alpha value is -1.49. The van der Waals surface area contributed by atoms with Crippen LogP contribution in [0.2, 0.25) is 0 Å². The van der Waals surface area contributed by atoms with E-state index in [1.54, 1.807) is 0 Å². The Bertz CT molecular complexity index is 417. The first-order valence-electron chi connectivity index (χ1n) is 6.84. The molecule has 5 heteroatoms. The van der Waals surface area contributed by atoms with Gasteiger partial charge in [0, 0.05) is 19.8 Å². The van der Waals surface area contributed by atoms with Crippen molar-refractivity contribution in [2.75, 3.05) is 37.4 Å². The van der Waals surface area contributed by atoms with Gasteiger partial charge < -0.3 is 20.5 Å². The number of ether oxygens (including phenoxy) is 2. The summed E-state index contributed by atoms with van der Waals surface area (Å²) in [5.74, 6) is 1.31. The fraction of sp³-hybridized carbons (Fsp3) is 0.643. The summed E-state index contributed by atoms with van der Waals surface area (Å²) in [6, 6.07) is 3.72. The molecule has 1 saturated heterocycles. The van der Waals surface area contributed by atoms with E-state index in [-0.39, 0.29) is 5.41 Å². The molecule has 0 spiro atoms. The fourth-order valence-electron chi connectivity index (χ4n) is 2.15. The Labute approximate surface area is 114 Å². The molecule has 1 aliphatic heterocycles. The van der Waals surface area contributed by atoms with Crippen LogP contribution >= 0.6 is 0 Å². The zero-order chi connectivity index (χ0) is 13.7. The van der Waals surface area contributed by atoms with Crippen LogP contribution < -0.4 is 15.8 Å². The van der Waals surface area contributed by atoms with E-state index in [0.717, 1.165) is 38.4 Å². The van der Waals surface area contributed by atoms with Crippen LogP contribution in [-0.2, 0) is 4.74 Å². The van der Waals surface area contributed by atoms with Crippen LogP contribution in [0.15, 0.2) is 12.1 Å². The highest BCUT2D eigenvalue weighted by Gasteiger charge is 2.27. The number of nitrogens with zero attached hydrogens (tertiary/aromatic N) is 1. The Morgan fingerprint density at radius 3 is 2.84 bits per heavy atom. The van der Waals surface area contributed by atoms with Crippen LogP contribution in [0.4, 0.5) is 11.5 Å².